The van der Waals surface area contributed by atoms with Crippen LogP contribution in [0.1, 0.15) is 23.2 Å². The summed E-state index contributed by atoms with van der Waals surface area (Å²) in [5, 5.41) is 3.26. The minimum absolute atomic E-state index is 0.0346. The number of ketones is 1. The number of rotatable bonds is 7. The fourth-order valence-corrected chi connectivity index (χ4v) is 5.44. The van der Waals surface area contributed by atoms with Gasteiger partial charge >= 0.3 is 0 Å². The molecule has 0 aliphatic heterocycles. The maximum absolute atomic E-state index is 13.5. The standard InChI is InChI=1S/C26H23N3O4S/c1-29-22-13-6-5-12-21(22)23(24(29)17-8-3-2-4-9-17)25(30)26(31)27-19-10-7-11-20(16-19)34(32,33)28-18-14-15-18/h2-13,16,18,28H,14-15H2,1H3,(H,27,31). The van der Waals surface area contributed by atoms with Crippen LogP contribution >= 0.6 is 0 Å². The first-order chi connectivity index (χ1) is 16.3. The minimum Gasteiger partial charge on any atom is -0.343 e. The molecule has 7 nitrogen and oxygen atoms in total. The molecule has 172 valence electrons. The molecular formula is C26H23N3O4S. The molecule has 2 N–H and O–H groups in total. The third kappa shape index (κ3) is 4.13. The van der Waals surface area contributed by atoms with Crippen LogP contribution in [0.25, 0.3) is 22.2 Å². The maximum Gasteiger partial charge on any atom is 0.296 e. The van der Waals surface area contributed by atoms with Gasteiger partial charge in [0.1, 0.15) is 0 Å². The van der Waals surface area contributed by atoms with Gasteiger partial charge in [0.25, 0.3) is 11.7 Å². The summed E-state index contributed by atoms with van der Waals surface area (Å²) in [7, 11) is -1.82. The van der Waals surface area contributed by atoms with E-state index in [2.05, 4.69) is 10.0 Å². The molecule has 3 aromatic carbocycles. The number of nitrogens with zero attached hydrogens (tertiary/aromatic N) is 1. The molecule has 4 aromatic rings. The third-order valence-corrected chi connectivity index (χ3v) is 7.41. The van der Waals surface area contributed by atoms with Crippen LogP contribution in [-0.2, 0) is 21.9 Å². The third-order valence-electron chi connectivity index (χ3n) is 5.89. The number of carbonyl (C=O) groups is 2. The molecule has 1 fully saturated rings. The Morgan fingerprint density at radius 3 is 2.35 bits per heavy atom. The average Bonchev–Trinajstić information content (AvgIpc) is 3.60. The first kappa shape index (κ1) is 22.1. The van der Waals surface area contributed by atoms with Gasteiger partial charge in [0.2, 0.25) is 10.0 Å². The number of nitrogens with one attached hydrogen (secondary N) is 2. The Morgan fingerprint density at radius 1 is 0.912 bits per heavy atom. The smallest absolute Gasteiger partial charge is 0.296 e. The van der Waals surface area contributed by atoms with E-state index in [9.17, 15) is 18.0 Å². The molecule has 0 spiro atoms. The van der Waals surface area contributed by atoms with Crippen molar-refractivity contribution in [3.8, 4) is 11.3 Å². The van der Waals surface area contributed by atoms with Gasteiger partial charge in [0, 0.05) is 29.7 Å². The first-order valence-electron chi connectivity index (χ1n) is 11.0. The Bertz CT molecular complexity index is 1520. The monoisotopic (exact) mass is 473 g/mol. The van der Waals surface area contributed by atoms with Crippen LogP contribution in [0.2, 0.25) is 0 Å². The second-order valence-corrected chi connectivity index (χ2v) is 10.1. The fraction of sp³-hybridized carbons (Fsp3) is 0.154. The van der Waals surface area contributed by atoms with E-state index in [4.69, 9.17) is 0 Å². The Balaban J connectivity index is 1.50. The fourth-order valence-electron chi connectivity index (χ4n) is 4.09. The second kappa shape index (κ2) is 8.55. The highest BCUT2D eigenvalue weighted by molar-refractivity contribution is 7.89. The van der Waals surface area contributed by atoms with Gasteiger partial charge < -0.3 is 9.88 Å². The molecule has 1 amide bonds. The largest absolute Gasteiger partial charge is 0.343 e. The Labute approximate surface area is 197 Å². The van der Waals surface area contributed by atoms with E-state index in [1.807, 2.05) is 66.2 Å². The maximum atomic E-state index is 13.5. The van der Waals surface area contributed by atoms with Crippen LogP contribution in [0.5, 0.6) is 0 Å². The summed E-state index contributed by atoms with van der Waals surface area (Å²) in [5.74, 6) is -1.53. The topological polar surface area (TPSA) is 97.3 Å². The molecule has 8 heteroatoms. The van der Waals surface area contributed by atoms with Gasteiger partial charge in [-0.05, 0) is 42.7 Å². The van der Waals surface area contributed by atoms with Crippen molar-refractivity contribution in [3.05, 3.63) is 84.4 Å². The van der Waals surface area contributed by atoms with Crippen molar-refractivity contribution in [1.29, 1.82) is 0 Å². The Hall–Kier alpha value is -3.75. The van der Waals surface area contributed by atoms with Gasteiger partial charge in [-0.3, -0.25) is 9.59 Å². The second-order valence-electron chi connectivity index (χ2n) is 8.37. The van der Waals surface area contributed by atoms with E-state index >= 15 is 0 Å². The predicted molar refractivity (Wildman–Crippen MR) is 131 cm³/mol. The molecule has 1 saturated carbocycles. The Kier molecular flexibility index (Phi) is 5.55. The van der Waals surface area contributed by atoms with Gasteiger partial charge in [0.05, 0.1) is 16.2 Å². The molecule has 0 radical (unpaired) electrons. The van der Waals surface area contributed by atoms with Crippen molar-refractivity contribution < 1.29 is 18.0 Å². The number of fused-ring (bicyclic) bond motifs is 1. The highest BCUT2D eigenvalue weighted by Crippen LogP contribution is 2.33. The van der Waals surface area contributed by atoms with Crippen molar-refractivity contribution in [2.75, 3.05) is 5.32 Å². The first-order valence-corrected chi connectivity index (χ1v) is 12.4. The summed E-state index contributed by atoms with van der Waals surface area (Å²) in [5.41, 5.74) is 2.83. The van der Waals surface area contributed by atoms with Crippen LogP contribution in [0, 0.1) is 0 Å². The lowest BCUT2D eigenvalue weighted by atomic mass is 10.0. The van der Waals surface area contributed by atoms with Crippen molar-refractivity contribution >= 4 is 38.3 Å². The van der Waals surface area contributed by atoms with Crippen LogP contribution in [0.4, 0.5) is 5.69 Å². The molecule has 0 atom stereocenters. The number of benzene rings is 3. The van der Waals surface area contributed by atoms with Crippen LogP contribution in [0.15, 0.2) is 83.8 Å². The lowest BCUT2D eigenvalue weighted by Crippen LogP contribution is -2.26. The Morgan fingerprint density at radius 2 is 1.62 bits per heavy atom. The van der Waals surface area contributed by atoms with Gasteiger partial charge in [-0.25, -0.2) is 13.1 Å². The van der Waals surface area contributed by atoms with Crippen LogP contribution < -0.4 is 10.0 Å². The summed E-state index contributed by atoms with van der Waals surface area (Å²) >= 11 is 0. The number of anilines is 1. The van der Waals surface area contributed by atoms with Gasteiger partial charge in [-0.1, -0.05) is 54.6 Å². The van der Waals surface area contributed by atoms with Crippen molar-refractivity contribution in [1.82, 2.24) is 9.29 Å². The van der Waals surface area contributed by atoms with Gasteiger partial charge in [-0.2, -0.15) is 0 Å². The molecule has 0 unspecified atom stereocenters. The normalized spacial score (nSPS) is 13.7. The number of sulfonamides is 1. The number of hydrogen-bond acceptors (Lipinski definition) is 4. The highest BCUT2D eigenvalue weighted by atomic mass is 32.2. The lowest BCUT2D eigenvalue weighted by molar-refractivity contribution is -0.112. The molecule has 1 aromatic heterocycles. The van der Waals surface area contributed by atoms with E-state index in [-0.39, 0.29) is 16.6 Å². The SMILES string of the molecule is Cn1c(-c2ccccc2)c(C(=O)C(=O)Nc2cccc(S(=O)(=O)NC3CC3)c2)c2ccccc21. The zero-order valence-electron chi connectivity index (χ0n) is 18.5. The number of carbonyl (C=O) groups excluding carboxylic acids is 2. The predicted octanol–water partition coefficient (Wildman–Crippen LogP) is 4.11. The van der Waals surface area contributed by atoms with E-state index in [1.165, 1.54) is 18.2 Å². The summed E-state index contributed by atoms with van der Waals surface area (Å²) in [6.07, 6.45) is 1.64. The van der Waals surface area contributed by atoms with E-state index < -0.39 is 21.7 Å². The molecule has 1 aliphatic carbocycles. The number of aromatic nitrogens is 1. The average molecular weight is 474 g/mol. The summed E-state index contributed by atoms with van der Waals surface area (Å²) < 4.78 is 29.6. The van der Waals surface area contributed by atoms with Gasteiger partial charge in [0.15, 0.2) is 0 Å². The van der Waals surface area contributed by atoms with E-state index in [1.54, 1.807) is 6.07 Å². The van der Waals surface area contributed by atoms with Crippen molar-refractivity contribution in [2.24, 2.45) is 7.05 Å². The number of para-hydroxylation sites is 1. The molecule has 34 heavy (non-hydrogen) atoms. The molecule has 0 saturated heterocycles. The zero-order valence-corrected chi connectivity index (χ0v) is 19.3. The van der Waals surface area contributed by atoms with E-state index in [0.717, 1.165) is 23.9 Å². The van der Waals surface area contributed by atoms with Gasteiger partial charge in [-0.15, -0.1) is 0 Å². The van der Waals surface area contributed by atoms with Crippen LogP contribution in [-0.4, -0.2) is 30.7 Å². The number of hydrogen-bond donors (Lipinski definition) is 2. The van der Waals surface area contributed by atoms with Crippen molar-refractivity contribution in [3.63, 3.8) is 0 Å². The number of amides is 1. The quantitative estimate of drug-likeness (QED) is 0.312. The molecule has 1 heterocycles. The molecule has 1 aliphatic rings. The number of aryl methyl sites for hydroxylation is 1. The summed E-state index contributed by atoms with van der Waals surface area (Å²) in [6, 6.07) is 22.7. The summed E-state index contributed by atoms with van der Waals surface area (Å²) in [4.78, 5) is 26.6. The highest BCUT2D eigenvalue weighted by Gasteiger charge is 2.29. The number of Topliss-reactive ketones (excluding diaryl/α,β-unsaturated/α-hetero) is 1. The van der Waals surface area contributed by atoms with E-state index in [0.29, 0.717) is 16.6 Å². The zero-order chi connectivity index (χ0) is 23.9. The van der Waals surface area contributed by atoms with Crippen LogP contribution in [0.3, 0.4) is 0 Å². The lowest BCUT2D eigenvalue weighted by Gasteiger charge is -2.10. The minimum atomic E-state index is -3.69. The molecule has 5 rings (SSSR count). The molecule has 0 bridgehead atoms. The summed E-state index contributed by atoms with van der Waals surface area (Å²) in [6.45, 7) is 0. The van der Waals surface area contributed by atoms with Crippen molar-refractivity contribution in [2.45, 2.75) is 23.8 Å². The molecular weight excluding hydrogens is 450 g/mol.